The largest absolute Gasteiger partial charge is 0.437 e. The van der Waals surface area contributed by atoms with Crippen LogP contribution in [0.5, 0.6) is 0 Å². The minimum Gasteiger partial charge on any atom is -0.420 e. The number of halogens is 5. The van der Waals surface area contributed by atoms with Crippen LogP contribution in [-0.2, 0) is 17.4 Å². The molecule has 2 aliphatic rings. The molecule has 6 rings (SSSR count). The van der Waals surface area contributed by atoms with E-state index in [1.165, 1.54) is 16.7 Å². The van der Waals surface area contributed by atoms with Gasteiger partial charge < -0.3 is 24.2 Å². The van der Waals surface area contributed by atoms with Crippen molar-refractivity contribution in [1.82, 2.24) is 14.9 Å². The molecule has 48 heavy (non-hydrogen) atoms. The van der Waals surface area contributed by atoms with Gasteiger partial charge in [0.15, 0.2) is 11.8 Å². The Morgan fingerprint density at radius 2 is 1.56 bits per heavy atom. The lowest BCUT2D eigenvalue weighted by Crippen LogP contribution is -2.50. The van der Waals surface area contributed by atoms with Crippen molar-refractivity contribution in [3.05, 3.63) is 107 Å². The van der Waals surface area contributed by atoms with Gasteiger partial charge in [-0.05, 0) is 53.6 Å². The number of rotatable bonds is 8. The van der Waals surface area contributed by atoms with Crippen LogP contribution in [-0.4, -0.2) is 70.9 Å². The molecule has 1 N–H and O–H groups in total. The molecule has 4 aromatic rings. The zero-order valence-electron chi connectivity index (χ0n) is 25.7. The van der Waals surface area contributed by atoms with Gasteiger partial charge in [-0.15, -0.1) is 0 Å². The summed E-state index contributed by atoms with van der Waals surface area (Å²) >= 11 is 0. The summed E-state index contributed by atoms with van der Waals surface area (Å²) in [6.45, 7) is 1.94. The SMILES string of the molecule is O=C(Cc1ccc(N2CCN(C(=O)C(O)c3cc(F)cc(F)c3)CC2)nc1)c1oc(N2CCC(c3ccccc3)CC2)nc1C(F)(F)F. The minimum absolute atomic E-state index is 0.181. The maximum atomic E-state index is 13.9. The predicted octanol–water partition coefficient (Wildman–Crippen LogP) is 5.56. The standard InChI is InChI=1S/C34H32F5N5O4/c35-25-17-24(18-26(36)19-25)29(46)32(47)43-14-12-42(13-15-43)28-7-6-21(20-40-28)16-27(45)30-31(34(37,38)39)41-33(48-30)44-10-8-23(9-11-44)22-4-2-1-3-5-22/h1-7,17-20,23,29,46H,8-16H2. The Labute approximate surface area is 272 Å². The topological polar surface area (TPSA) is 103 Å². The summed E-state index contributed by atoms with van der Waals surface area (Å²) < 4.78 is 74.4. The van der Waals surface area contributed by atoms with E-state index in [2.05, 4.69) is 9.97 Å². The van der Waals surface area contributed by atoms with Crippen LogP contribution in [0.3, 0.4) is 0 Å². The molecule has 0 radical (unpaired) electrons. The molecule has 14 heteroatoms. The van der Waals surface area contributed by atoms with Crippen LogP contribution in [0, 0.1) is 11.6 Å². The number of alkyl halides is 3. The Morgan fingerprint density at radius 3 is 2.17 bits per heavy atom. The van der Waals surface area contributed by atoms with E-state index in [1.54, 1.807) is 17.0 Å². The van der Waals surface area contributed by atoms with Gasteiger partial charge in [0.2, 0.25) is 11.5 Å². The highest BCUT2D eigenvalue weighted by Gasteiger charge is 2.42. The molecule has 0 saturated carbocycles. The van der Waals surface area contributed by atoms with Crippen molar-refractivity contribution in [1.29, 1.82) is 0 Å². The molecule has 1 atom stereocenters. The van der Waals surface area contributed by atoms with Crippen molar-refractivity contribution in [2.24, 2.45) is 0 Å². The number of hydrogen-bond donors (Lipinski definition) is 1. The molecule has 4 heterocycles. The van der Waals surface area contributed by atoms with Crippen molar-refractivity contribution in [3.8, 4) is 0 Å². The quantitative estimate of drug-likeness (QED) is 0.192. The lowest BCUT2D eigenvalue weighted by atomic mass is 9.90. The number of hydrogen-bond acceptors (Lipinski definition) is 8. The number of aliphatic hydroxyl groups is 1. The van der Waals surface area contributed by atoms with Crippen LogP contribution >= 0.6 is 0 Å². The highest BCUT2D eigenvalue weighted by molar-refractivity contribution is 5.96. The zero-order valence-corrected chi connectivity index (χ0v) is 25.7. The molecular weight excluding hydrogens is 637 g/mol. The molecule has 2 saturated heterocycles. The maximum Gasteiger partial charge on any atom is 0.437 e. The molecule has 2 aromatic carbocycles. The summed E-state index contributed by atoms with van der Waals surface area (Å²) in [7, 11) is 0. The van der Waals surface area contributed by atoms with E-state index in [0.717, 1.165) is 12.1 Å². The van der Waals surface area contributed by atoms with Crippen LogP contribution < -0.4 is 9.80 Å². The van der Waals surface area contributed by atoms with Gasteiger partial charge in [-0.1, -0.05) is 36.4 Å². The molecule has 2 aromatic heterocycles. The van der Waals surface area contributed by atoms with Crippen LogP contribution in [0.25, 0.3) is 0 Å². The van der Waals surface area contributed by atoms with Gasteiger partial charge in [-0.2, -0.15) is 18.2 Å². The predicted molar refractivity (Wildman–Crippen MR) is 165 cm³/mol. The van der Waals surface area contributed by atoms with Crippen LogP contribution in [0.2, 0.25) is 0 Å². The van der Waals surface area contributed by atoms with E-state index in [1.807, 2.05) is 35.2 Å². The van der Waals surface area contributed by atoms with Crippen molar-refractivity contribution in [3.63, 3.8) is 0 Å². The van der Waals surface area contributed by atoms with Gasteiger partial charge in [-0.25, -0.2) is 13.8 Å². The normalized spacial score (nSPS) is 16.7. The molecule has 0 spiro atoms. The Hall–Kier alpha value is -4.85. The third-order valence-corrected chi connectivity index (χ3v) is 8.70. The van der Waals surface area contributed by atoms with Crippen LogP contribution in [0.1, 0.15) is 57.8 Å². The second-order valence-corrected chi connectivity index (χ2v) is 11.9. The van der Waals surface area contributed by atoms with E-state index >= 15 is 0 Å². The van der Waals surface area contributed by atoms with Crippen molar-refractivity contribution in [2.45, 2.75) is 37.5 Å². The third kappa shape index (κ3) is 7.33. The summed E-state index contributed by atoms with van der Waals surface area (Å²) in [5.41, 5.74) is 0.0129. The Kier molecular flexibility index (Phi) is 9.45. The fourth-order valence-electron chi connectivity index (χ4n) is 6.13. The molecule has 1 unspecified atom stereocenters. The number of piperidine rings is 1. The van der Waals surface area contributed by atoms with Gasteiger partial charge in [-0.3, -0.25) is 9.59 Å². The number of aromatic nitrogens is 2. The summed E-state index contributed by atoms with van der Waals surface area (Å²) in [6.07, 6.45) is -4.18. The van der Waals surface area contributed by atoms with Crippen LogP contribution in [0.4, 0.5) is 33.8 Å². The van der Waals surface area contributed by atoms with E-state index in [0.29, 0.717) is 56.5 Å². The first-order valence-corrected chi connectivity index (χ1v) is 15.5. The average Bonchev–Trinajstić information content (AvgIpc) is 3.55. The second-order valence-electron chi connectivity index (χ2n) is 11.9. The molecule has 0 bridgehead atoms. The third-order valence-electron chi connectivity index (χ3n) is 8.70. The highest BCUT2D eigenvalue weighted by atomic mass is 19.4. The summed E-state index contributed by atoms with van der Waals surface area (Å²) in [4.78, 5) is 38.8. The first-order valence-electron chi connectivity index (χ1n) is 15.5. The number of carbonyl (C=O) groups is 2. The van der Waals surface area contributed by atoms with E-state index in [9.17, 15) is 36.6 Å². The highest BCUT2D eigenvalue weighted by Crippen LogP contribution is 2.37. The number of piperazine rings is 1. The minimum atomic E-state index is -4.88. The van der Waals surface area contributed by atoms with Gasteiger partial charge in [0.1, 0.15) is 17.5 Å². The number of Topliss-reactive ketones (excluding diaryl/α,β-unsaturated/α-hetero) is 1. The number of nitrogens with zero attached hydrogens (tertiary/aromatic N) is 5. The maximum absolute atomic E-state index is 13.9. The number of benzene rings is 2. The van der Waals surface area contributed by atoms with Gasteiger partial charge >= 0.3 is 6.18 Å². The summed E-state index contributed by atoms with van der Waals surface area (Å²) in [6, 6.07) is 15.3. The summed E-state index contributed by atoms with van der Waals surface area (Å²) in [5, 5.41) is 10.4. The van der Waals surface area contributed by atoms with Gasteiger partial charge in [0, 0.05) is 58.0 Å². The number of carbonyl (C=O) groups excluding carboxylic acids is 2. The van der Waals surface area contributed by atoms with E-state index < -0.39 is 47.1 Å². The molecule has 9 nitrogen and oxygen atoms in total. The van der Waals surface area contributed by atoms with Crippen LogP contribution in [0.15, 0.2) is 71.3 Å². The molecule has 1 amide bonds. The molecule has 2 fully saturated rings. The number of anilines is 2. The fraction of sp³-hybridized carbons (Fsp3) is 0.353. The number of oxazole rings is 1. The van der Waals surface area contributed by atoms with E-state index in [4.69, 9.17) is 4.42 Å². The van der Waals surface area contributed by atoms with Crippen molar-refractivity contribution in [2.75, 3.05) is 49.1 Å². The second kappa shape index (κ2) is 13.7. The molecule has 252 valence electrons. The number of amides is 1. The zero-order chi connectivity index (χ0) is 34.0. The Bertz CT molecular complexity index is 1730. The number of aliphatic hydroxyl groups excluding tert-OH is 1. The first-order chi connectivity index (χ1) is 23.0. The first kappa shape index (κ1) is 33.1. The lowest BCUT2D eigenvalue weighted by Gasteiger charge is -2.36. The Balaban J connectivity index is 1.06. The van der Waals surface area contributed by atoms with Crippen molar-refractivity contribution >= 4 is 23.5 Å². The molecule has 0 aliphatic carbocycles. The molecule has 2 aliphatic heterocycles. The Morgan fingerprint density at radius 1 is 0.896 bits per heavy atom. The smallest absolute Gasteiger partial charge is 0.420 e. The van der Waals surface area contributed by atoms with Gasteiger partial charge in [0.05, 0.1) is 0 Å². The monoisotopic (exact) mass is 669 g/mol. The number of pyridine rings is 1. The van der Waals surface area contributed by atoms with Gasteiger partial charge in [0.25, 0.3) is 11.9 Å². The average molecular weight is 670 g/mol. The van der Waals surface area contributed by atoms with E-state index in [-0.39, 0.29) is 37.0 Å². The fourth-order valence-corrected chi connectivity index (χ4v) is 6.13. The number of ketones is 1. The summed E-state index contributed by atoms with van der Waals surface area (Å²) in [5.74, 6) is -3.42. The van der Waals surface area contributed by atoms with Crippen molar-refractivity contribution < 1.29 is 41.1 Å². The molecular formula is C34H32F5N5O4. The lowest BCUT2D eigenvalue weighted by molar-refractivity contribution is -0.142.